The Morgan fingerprint density at radius 3 is 3.05 bits per heavy atom. The Labute approximate surface area is 119 Å². The molecule has 2 aliphatic rings. The van der Waals surface area contributed by atoms with Crippen molar-refractivity contribution in [1.29, 1.82) is 0 Å². The van der Waals surface area contributed by atoms with Crippen molar-refractivity contribution in [2.45, 2.75) is 31.5 Å². The highest BCUT2D eigenvalue weighted by molar-refractivity contribution is 5.78. The summed E-state index contributed by atoms with van der Waals surface area (Å²) in [6.07, 6.45) is 5.59. The first-order chi connectivity index (χ1) is 9.65. The van der Waals surface area contributed by atoms with Crippen LogP contribution in [-0.4, -0.2) is 55.1 Å². The van der Waals surface area contributed by atoms with Crippen LogP contribution in [-0.2, 0) is 16.1 Å². The molecule has 5 nitrogen and oxygen atoms in total. The minimum Gasteiger partial charge on any atom is -0.472 e. The lowest BCUT2D eigenvalue weighted by Crippen LogP contribution is -2.52. The molecule has 0 saturated carbocycles. The van der Waals surface area contributed by atoms with Gasteiger partial charge in [-0.2, -0.15) is 0 Å². The highest BCUT2D eigenvalue weighted by Gasteiger charge is 2.42. The van der Waals surface area contributed by atoms with Gasteiger partial charge in [0.25, 0.3) is 0 Å². The fourth-order valence-corrected chi connectivity index (χ4v) is 3.40. The van der Waals surface area contributed by atoms with Gasteiger partial charge in [0.15, 0.2) is 0 Å². The molecule has 0 N–H and O–H groups in total. The summed E-state index contributed by atoms with van der Waals surface area (Å²) in [6.45, 7) is 2.45. The summed E-state index contributed by atoms with van der Waals surface area (Å²) in [5.41, 5.74) is 1.16. The molecule has 0 spiro atoms. The van der Waals surface area contributed by atoms with E-state index >= 15 is 0 Å². The molecule has 5 heteroatoms. The Bertz CT molecular complexity index is 458. The third-order valence-corrected chi connectivity index (χ3v) is 4.37. The van der Waals surface area contributed by atoms with Gasteiger partial charge in [0.2, 0.25) is 5.91 Å². The predicted molar refractivity (Wildman–Crippen MR) is 74.1 cm³/mol. The van der Waals surface area contributed by atoms with Crippen molar-refractivity contribution in [2.75, 3.05) is 27.2 Å². The average molecular weight is 278 g/mol. The molecule has 3 rings (SSSR count). The highest BCUT2D eigenvalue weighted by atomic mass is 16.5. The topological polar surface area (TPSA) is 45.9 Å². The van der Waals surface area contributed by atoms with Gasteiger partial charge in [-0.1, -0.05) is 0 Å². The van der Waals surface area contributed by atoms with E-state index in [2.05, 4.69) is 4.90 Å². The van der Waals surface area contributed by atoms with Crippen LogP contribution < -0.4 is 0 Å². The number of fused-ring (bicyclic) bond motifs is 1. The van der Waals surface area contributed by atoms with Gasteiger partial charge in [0.05, 0.1) is 24.5 Å². The van der Waals surface area contributed by atoms with Crippen LogP contribution in [0.4, 0.5) is 0 Å². The molecule has 3 atom stereocenters. The predicted octanol–water partition coefficient (Wildman–Crippen LogP) is 1.35. The quantitative estimate of drug-likeness (QED) is 0.837. The number of amides is 1. The van der Waals surface area contributed by atoms with Gasteiger partial charge in [-0.15, -0.1) is 0 Å². The molecule has 2 aliphatic heterocycles. The first kappa shape index (κ1) is 13.6. The van der Waals surface area contributed by atoms with Crippen molar-refractivity contribution in [2.24, 2.45) is 5.92 Å². The van der Waals surface area contributed by atoms with Gasteiger partial charge in [0.1, 0.15) is 0 Å². The third-order valence-electron chi connectivity index (χ3n) is 4.37. The van der Waals surface area contributed by atoms with Crippen molar-refractivity contribution in [3.8, 4) is 0 Å². The number of likely N-dealkylation sites (tertiary alicyclic amines) is 1. The fraction of sp³-hybridized carbons (Fsp3) is 0.667. The maximum Gasteiger partial charge on any atom is 0.226 e. The lowest BCUT2D eigenvalue weighted by molar-refractivity contribution is -0.137. The second kappa shape index (κ2) is 5.58. The smallest absolute Gasteiger partial charge is 0.226 e. The lowest BCUT2D eigenvalue weighted by atomic mass is 9.89. The zero-order valence-electron chi connectivity index (χ0n) is 12.1. The fourth-order valence-electron chi connectivity index (χ4n) is 3.40. The summed E-state index contributed by atoms with van der Waals surface area (Å²) in [4.78, 5) is 16.3. The van der Waals surface area contributed by atoms with Gasteiger partial charge in [-0.05, 0) is 18.9 Å². The summed E-state index contributed by atoms with van der Waals surface area (Å²) in [6, 6.07) is 2.43. The van der Waals surface area contributed by atoms with Crippen LogP contribution in [0.1, 0.15) is 18.4 Å². The number of nitrogens with zero attached hydrogens (tertiary/aromatic N) is 2. The zero-order chi connectivity index (χ0) is 14.1. The summed E-state index contributed by atoms with van der Waals surface area (Å²) in [5, 5.41) is 0. The van der Waals surface area contributed by atoms with Gasteiger partial charge < -0.3 is 14.1 Å². The van der Waals surface area contributed by atoms with Crippen LogP contribution in [0.15, 0.2) is 23.0 Å². The zero-order valence-corrected chi connectivity index (χ0v) is 12.1. The van der Waals surface area contributed by atoms with Crippen LogP contribution >= 0.6 is 0 Å². The Morgan fingerprint density at radius 2 is 2.35 bits per heavy atom. The van der Waals surface area contributed by atoms with Crippen molar-refractivity contribution < 1.29 is 13.9 Å². The molecule has 2 saturated heterocycles. The summed E-state index contributed by atoms with van der Waals surface area (Å²) in [5.74, 6) is 0.243. The summed E-state index contributed by atoms with van der Waals surface area (Å²) >= 11 is 0. The molecule has 0 aromatic carbocycles. The van der Waals surface area contributed by atoms with E-state index in [1.807, 2.05) is 20.2 Å². The van der Waals surface area contributed by atoms with Crippen molar-refractivity contribution in [3.05, 3.63) is 24.2 Å². The Hall–Kier alpha value is -1.33. The molecule has 2 fully saturated rings. The molecule has 3 heterocycles. The molecule has 0 radical (unpaired) electrons. The standard InChI is InChI=1S/C15H22N2O3/c1-16(2)15(18)12-7-14-13(4-6-20-14)17(9-12)8-11-3-5-19-10-11/h3,5,10,12-14H,4,6-9H2,1-2H3/t12-,13-,14-/m0/s1. The van der Waals surface area contributed by atoms with E-state index in [1.165, 1.54) is 0 Å². The molecular formula is C15H22N2O3. The van der Waals surface area contributed by atoms with Crippen LogP contribution in [0.3, 0.4) is 0 Å². The van der Waals surface area contributed by atoms with Gasteiger partial charge >= 0.3 is 0 Å². The number of carbonyl (C=O) groups is 1. The van der Waals surface area contributed by atoms with E-state index in [-0.39, 0.29) is 17.9 Å². The molecule has 110 valence electrons. The second-order valence-corrected chi connectivity index (χ2v) is 5.99. The van der Waals surface area contributed by atoms with Crippen LogP contribution in [0.5, 0.6) is 0 Å². The SMILES string of the molecule is CN(C)C(=O)[C@H]1C[C@@H]2OCC[C@@H]2N(Cc2ccoc2)C1. The van der Waals surface area contributed by atoms with Crippen molar-refractivity contribution >= 4 is 5.91 Å². The summed E-state index contributed by atoms with van der Waals surface area (Å²) in [7, 11) is 3.65. The van der Waals surface area contributed by atoms with Gasteiger partial charge in [-0.3, -0.25) is 9.69 Å². The maximum absolute atomic E-state index is 12.3. The van der Waals surface area contributed by atoms with Crippen LogP contribution in [0.25, 0.3) is 0 Å². The van der Waals surface area contributed by atoms with Crippen molar-refractivity contribution in [1.82, 2.24) is 9.80 Å². The monoisotopic (exact) mass is 278 g/mol. The number of furan rings is 1. The Kier molecular flexibility index (Phi) is 3.81. The number of piperidine rings is 1. The molecule has 1 aromatic heterocycles. The normalized spacial score (nSPS) is 30.2. The highest BCUT2D eigenvalue weighted by Crippen LogP contribution is 2.32. The number of hydrogen-bond donors (Lipinski definition) is 0. The van der Waals surface area contributed by atoms with E-state index in [9.17, 15) is 4.79 Å². The van der Waals surface area contributed by atoms with Crippen LogP contribution in [0, 0.1) is 5.92 Å². The van der Waals surface area contributed by atoms with Crippen molar-refractivity contribution in [3.63, 3.8) is 0 Å². The summed E-state index contributed by atoms with van der Waals surface area (Å²) < 4.78 is 11.0. The molecule has 0 unspecified atom stereocenters. The second-order valence-electron chi connectivity index (χ2n) is 5.99. The Balaban J connectivity index is 1.74. The molecule has 0 bridgehead atoms. The number of rotatable bonds is 3. The molecule has 0 aliphatic carbocycles. The Morgan fingerprint density at radius 1 is 1.50 bits per heavy atom. The van der Waals surface area contributed by atoms with Gasteiger partial charge in [0, 0.05) is 45.4 Å². The molecule has 1 amide bonds. The molecular weight excluding hydrogens is 256 g/mol. The van der Waals surface area contributed by atoms with Gasteiger partial charge in [-0.25, -0.2) is 0 Å². The minimum absolute atomic E-state index is 0.0382. The number of hydrogen-bond acceptors (Lipinski definition) is 4. The minimum atomic E-state index is 0.0382. The van der Waals surface area contributed by atoms with Crippen LogP contribution in [0.2, 0.25) is 0 Å². The van der Waals surface area contributed by atoms with E-state index < -0.39 is 0 Å². The van der Waals surface area contributed by atoms with E-state index in [1.54, 1.807) is 17.4 Å². The average Bonchev–Trinajstić information content (AvgIpc) is 3.07. The number of ether oxygens (including phenoxy) is 1. The van der Waals surface area contributed by atoms with E-state index in [0.717, 1.165) is 38.1 Å². The number of carbonyl (C=O) groups excluding carboxylic acids is 1. The molecule has 20 heavy (non-hydrogen) atoms. The first-order valence-electron chi connectivity index (χ1n) is 7.23. The first-order valence-corrected chi connectivity index (χ1v) is 7.23. The maximum atomic E-state index is 12.3. The largest absolute Gasteiger partial charge is 0.472 e. The van der Waals surface area contributed by atoms with E-state index in [4.69, 9.17) is 9.15 Å². The van der Waals surface area contributed by atoms with E-state index in [0.29, 0.717) is 6.04 Å². The lowest BCUT2D eigenvalue weighted by Gasteiger charge is -2.40. The molecule has 1 aromatic rings. The third kappa shape index (κ3) is 2.60.